The Kier molecular flexibility index (Phi) is 4.95. The Hall–Kier alpha value is -1.57. The molecule has 1 aromatic rings. The Labute approximate surface area is 103 Å². The Morgan fingerprint density at radius 3 is 2.76 bits per heavy atom. The van der Waals surface area contributed by atoms with Gasteiger partial charge in [-0.3, -0.25) is 9.89 Å². The summed E-state index contributed by atoms with van der Waals surface area (Å²) >= 11 is 1.27. The van der Waals surface area contributed by atoms with E-state index in [2.05, 4.69) is 25.2 Å². The van der Waals surface area contributed by atoms with Gasteiger partial charge < -0.3 is 10.1 Å². The number of carbonyl (C=O) groups excluding carboxylic acids is 2. The number of nitrogens with zero attached hydrogens (tertiary/aromatic N) is 2. The third kappa shape index (κ3) is 4.43. The zero-order valence-electron chi connectivity index (χ0n) is 9.81. The Morgan fingerprint density at radius 2 is 2.29 bits per heavy atom. The number of hydrogen-bond acceptors (Lipinski definition) is 6. The molecule has 0 aromatic carbocycles. The van der Waals surface area contributed by atoms with Crippen LogP contribution in [0.5, 0.6) is 0 Å². The molecule has 1 amide bonds. The van der Waals surface area contributed by atoms with Gasteiger partial charge in [-0.2, -0.15) is 0 Å². The maximum absolute atomic E-state index is 11.4. The standard InChI is InChI=1S/C9H14N4O3S/c1-5-10-9(13-12-5)17-4-7(8(15)16-3)11-6(2)14/h7H,4H2,1-3H3,(H,11,14)(H,10,12,13). The zero-order valence-corrected chi connectivity index (χ0v) is 10.6. The molecule has 1 aromatic heterocycles. The van der Waals surface area contributed by atoms with Gasteiger partial charge in [-0.05, 0) is 6.92 Å². The van der Waals surface area contributed by atoms with E-state index in [4.69, 9.17) is 0 Å². The number of amides is 1. The predicted octanol–water partition coefficient (Wildman–Crippen LogP) is -0.117. The second-order valence-corrected chi connectivity index (χ2v) is 4.28. The second kappa shape index (κ2) is 6.24. The smallest absolute Gasteiger partial charge is 0.329 e. The van der Waals surface area contributed by atoms with Gasteiger partial charge in [0.2, 0.25) is 11.1 Å². The summed E-state index contributed by atoms with van der Waals surface area (Å²) in [7, 11) is 1.28. The van der Waals surface area contributed by atoms with Gasteiger partial charge in [-0.25, -0.2) is 9.78 Å². The van der Waals surface area contributed by atoms with E-state index in [0.717, 1.165) is 0 Å². The van der Waals surface area contributed by atoms with Crippen molar-refractivity contribution >= 4 is 23.6 Å². The lowest BCUT2D eigenvalue weighted by atomic mass is 10.3. The van der Waals surface area contributed by atoms with Crippen LogP contribution in [0.15, 0.2) is 5.16 Å². The number of aromatic nitrogens is 3. The lowest BCUT2D eigenvalue weighted by molar-refractivity contribution is -0.144. The lowest BCUT2D eigenvalue weighted by Gasteiger charge is -2.13. The van der Waals surface area contributed by atoms with Crippen molar-refractivity contribution in [2.75, 3.05) is 12.9 Å². The number of aromatic amines is 1. The number of hydrogen-bond donors (Lipinski definition) is 2. The van der Waals surface area contributed by atoms with Crippen LogP contribution in [0.4, 0.5) is 0 Å². The van der Waals surface area contributed by atoms with Crippen molar-refractivity contribution in [3.63, 3.8) is 0 Å². The van der Waals surface area contributed by atoms with Crippen LogP contribution < -0.4 is 5.32 Å². The van der Waals surface area contributed by atoms with E-state index >= 15 is 0 Å². The van der Waals surface area contributed by atoms with E-state index in [1.165, 1.54) is 25.8 Å². The molecule has 0 aliphatic carbocycles. The molecule has 0 aliphatic heterocycles. The van der Waals surface area contributed by atoms with Crippen LogP contribution in [0.1, 0.15) is 12.7 Å². The third-order valence-electron chi connectivity index (χ3n) is 1.82. The molecule has 0 radical (unpaired) electrons. The number of carbonyl (C=O) groups is 2. The maximum Gasteiger partial charge on any atom is 0.329 e. The average molecular weight is 258 g/mol. The quantitative estimate of drug-likeness (QED) is 0.564. The molecule has 17 heavy (non-hydrogen) atoms. The van der Waals surface area contributed by atoms with Crippen LogP contribution in [0.2, 0.25) is 0 Å². The van der Waals surface area contributed by atoms with Crippen molar-refractivity contribution < 1.29 is 14.3 Å². The lowest BCUT2D eigenvalue weighted by Crippen LogP contribution is -2.42. The monoisotopic (exact) mass is 258 g/mol. The molecule has 0 aliphatic rings. The SMILES string of the molecule is COC(=O)C(CSc1n[nH]c(C)n1)NC(C)=O. The fraction of sp³-hybridized carbons (Fsp3) is 0.556. The van der Waals surface area contributed by atoms with E-state index < -0.39 is 12.0 Å². The third-order valence-corrected chi connectivity index (χ3v) is 2.76. The van der Waals surface area contributed by atoms with Gasteiger partial charge in [0.1, 0.15) is 11.9 Å². The highest BCUT2D eigenvalue weighted by molar-refractivity contribution is 7.99. The number of H-pyrrole nitrogens is 1. The van der Waals surface area contributed by atoms with Crippen LogP contribution >= 0.6 is 11.8 Å². The van der Waals surface area contributed by atoms with E-state index in [0.29, 0.717) is 16.7 Å². The normalized spacial score (nSPS) is 11.9. The largest absolute Gasteiger partial charge is 0.467 e. The highest BCUT2D eigenvalue weighted by atomic mass is 32.2. The van der Waals surface area contributed by atoms with Crippen LogP contribution in [0, 0.1) is 6.92 Å². The van der Waals surface area contributed by atoms with Crippen LogP contribution in [-0.4, -0.2) is 46.0 Å². The van der Waals surface area contributed by atoms with Gasteiger partial charge in [0.15, 0.2) is 0 Å². The Bertz CT molecular complexity index is 407. The summed E-state index contributed by atoms with van der Waals surface area (Å²) in [5.41, 5.74) is 0. The summed E-state index contributed by atoms with van der Waals surface area (Å²) in [6.45, 7) is 3.13. The number of nitrogens with one attached hydrogen (secondary N) is 2. The molecule has 7 nitrogen and oxygen atoms in total. The number of esters is 1. The number of thioether (sulfide) groups is 1. The number of methoxy groups -OCH3 is 1. The van der Waals surface area contributed by atoms with Gasteiger partial charge in [-0.15, -0.1) is 5.10 Å². The number of aryl methyl sites for hydroxylation is 1. The molecule has 0 saturated carbocycles. The second-order valence-electron chi connectivity index (χ2n) is 3.29. The number of ether oxygens (including phenoxy) is 1. The van der Waals surface area contributed by atoms with Crippen molar-refractivity contribution in [1.82, 2.24) is 20.5 Å². The molecular weight excluding hydrogens is 244 g/mol. The molecule has 94 valence electrons. The van der Waals surface area contributed by atoms with Gasteiger partial charge >= 0.3 is 5.97 Å². The molecule has 1 heterocycles. The van der Waals surface area contributed by atoms with Crippen molar-refractivity contribution in [3.05, 3.63) is 5.82 Å². The minimum absolute atomic E-state index is 0.285. The first-order valence-corrected chi connectivity index (χ1v) is 5.88. The van der Waals surface area contributed by atoms with Crippen LogP contribution in [-0.2, 0) is 14.3 Å². The van der Waals surface area contributed by atoms with Crippen molar-refractivity contribution in [2.45, 2.75) is 25.0 Å². The topological polar surface area (TPSA) is 97.0 Å². The first-order chi connectivity index (χ1) is 8.02. The highest BCUT2D eigenvalue weighted by Gasteiger charge is 2.21. The molecule has 8 heteroatoms. The van der Waals surface area contributed by atoms with Crippen molar-refractivity contribution in [2.24, 2.45) is 0 Å². The van der Waals surface area contributed by atoms with Gasteiger partial charge in [0, 0.05) is 12.7 Å². The predicted molar refractivity (Wildman–Crippen MR) is 61.5 cm³/mol. The molecule has 0 fully saturated rings. The molecule has 0 saturated heterocycles. The fourth-order valence-corrected chi connectivity index (χ4v) is 1.95. The molecular formula is C9H14N4O3S. The summed E-state index contributed by atoms with van der Waals surface area (Å²) < 4.78 is 4.59. The van der Waals surface area contributed by atoms with Crippen molar-refractivity contribution in [3.8, 4) is 0 Å². The van der Waals surface area contributed by atoms with Gasteiger partial charge in [0.25, 0.3) is 0 Å². The van der Waals surface area contributed by atoms with Gasteiger partial charge in [0.05, 0.1) is 7.11 Å². The molecule has 2 N–H and O–H groups in total. The van der Waals surface area contributed by atoms with E-state index in [1.807, 2.05) is 0 Å². The minimum atomic E-state index is -0.693. The molecule has 1 rings (SSSR count). The van der Waals surface area contributed by atoms with Crippen LogP contribution in [0.3, 0.4) is 0 Å². The Morgan fingerprint density at radius 1 is 1.59 bits per heavy atom. The summed E-state index contributed by atoms with van der Waals surface area (Å²) in [4.78, 5) is 26.4. The van der Waals surface area contributed by atoms with E-state index in [9.17, 15) is 9.59 Å². The maximum atomic E-state index is 11.4. The summed E-state index contributed by atoms with van der Waals surface area (Å²) in [6.07, 6.45) is 0. The average Bonchev–Trinajstić information content (AvgIpc) is 2.68. The van der Waals surface area contributed by atoms with Gasteiger partial charge in [-0.1, -0.05) is 11.8 Å². The zero-order chi connectivity index (χ0) is 12.8. The van der Waals surface area contributed by atoms with Crippen molar-refractivity contribution in [1.29, 1.82) is 0 Å². The highest BCUT2D eigenvalue weighted by Crippen LogP contribution is 2.13. The first kappa shape index (κ1) is 13.5. The summed E-state index contributed by atoms with van der Waals surface area (Å²) in [6, 6.07) is -0.693. The summed E-state index contributed by atoms with van der Waals surface area (Å²) in [5, 5.41) is 9.64. The first-order valence-electron chi connectivity index (χ1n) is 4.89. The molecule has 0 bridgehead atoms. The Balaban J connectivity index is 2.54. The molecule has 0 spiro atoms. The fourth-order valence-electron chi connectivity index (χ4n) is 1.10. The minimum Gasteiger partial charge on any atom is -0.467 e. The molecule has 1 atom stereocenters. The summed E-state index contributed by atoms with van der Waals surface area (Å²) in [5.74, 6) is 0.248. The molecule has 1 unspecified atom stereocenters. The van der Waals surface area contributed by atoms with E-state index in [1.54, 1.807) is 6.92 Å². The van der Waals surface area contributed by atoms with Crippen LogP contribution in [0.25, 0.3) is 0 Å². The van der Waals surface area contributed by atoms with E-state index in [-0.39, 0.29) is 5.91 Å². The number of rotatable bonds is 5.